The molecule has 1 amide bonds. The van der Waals surface area contributed by atoms with Crippen LogP contribution in [-0.2, 0) is 0 Å². The molecular formula is C25H23BrN2O5. The second-order valence-electron chi connectivity index (χ2n) is 6.66. The molecule has 1 N–H and O–H groups in total. The maximum absolute atomic E-state index is 12.6. The van der Waals surface area contributed by atoms with E-state index in [1.807, 2.05) is 13.8 Å². The fourth-order valence-corrected chi connectivity index (χ4v) is 3.26. The number of esters is 1. The molecule has 0 aliphatic rings. The molecule has 0 unspecified atom stereocenters. The highest BCUT2D eigenvalue weighted by molar-refractivity contribution is 9.10. The van der Waals surface area contributed by atoms with Crippen molar-refractivity contribution < 1.29 is 23.8 Å². The Morgan fingerprint density at radius 2 is 1.67 bits per heavy atom. The van der Waals surface area contributed by atoms with Gasteiger partial charge in [-0.05, 0) is 68.4 Å². The molecule has 7 nitrogen and oxygen atoms in total. The number of benzene rings is 3. The fourth-order valence-electron chi connectivity index (χ4n) is 2.88. The molecule has 0 aliphatic heterocycles. The Labute approximate surface area is 200 Å². The van der Waals surface area contributed by atoms with Crippen LogP contribution in [0, 0.1) is 0 Å². The first-order chi connectivity index (χ1) is 16.0. The summed E-state index contributed by atoms with van der Waals surface area (Å²) in [4.78, 5) is 25.1. The van der Waals surface area contributed by atoms with Crippen LogP contribution in [0.15, 0.2) is 76.3 Å². The lowest BCUT2D eigenvalue weighted by molar-refractivity contribution is 0.0734. The van der Waals surface area contributed by atoms with Gasteiger partial charge in [0, 0.05) is 10.0 Å². The van der Waals surface area contributed by atoms with E-state index in [-0.39, 0.29) is 0 Å². The number of nitrogens with zero attached hydrogens (tertiary/aromatic N) is 1. The molecule has 3 rings (SSSR count). The number of nitrogens with one attached hydrogen (secondary N) is 1. The van der Waals surface area contributed by atoms with Gasteiger partial charge in [-0.15, -0.1) is 0 Å². The number of rotatable bonds is 9. The predicted octanol–water partition coefficient (Wildman–Crippen LogP) is 5.23. The maximum Gasteiger partial charge on any atom is 0.343 e. The van der Waals surface area contributed by atoms with Crippen molar-refractivity contribution in [3.05, 3.63) is 87.9 Å². The number of ether oxygens (including phenoxy) is 3. The van der Waals surface area contributed by atoms with Crippen LogP contribution in [0.4, 0.5) is 0 Å². The molecule has 0 spiro atoms. The van der Waals surface area contributed by atoms with Gasteiger partial charge in [0.1, 0.15) is 17.2 Å². The van der Waals surface area contributed by atoms with Gasteiger partial charge in [-0.3, -0.25) is 4.79 Å². The number of hydrogen-bond donors (Lipinski definition) is 1. The first-order valence-electron chi connectivity index (χ1n) is 10.3. The van der Waals surface area contributed by atoms with Crippen molar-refractivity contribution in [1.82, 2.24) is 5.43 Å². The van der Waals surface area contributed by atoms with Gasteiger partial charge < -0.3 is 14.2 Å². The maximum atomic E-state index is 12.6. The Morgan fingerprint density at radius 3 is 2.39 bits per heavy atom. The zero-order chi connectivity index (χ0) is 23.6. The first kappa shape index (κ1) is 24.0. The van der Waals surface area contributed by atoms with Gasteiger partial charge in [-0.2, -0.15) is 5.10 Å². The van der Waals surface area contributed by atoms with E-state index in [0.29, 0.717) is 47.2 Å². The highest BCUT2D eigenvalue weighted by Crippen LogP contribution is 2.23. The van der Waals surface area contributed by atoms with E-state index in [4.69, 9.17) is 14.2 Å². The van der Waals surface area contributed by atoms with Crippen LogP contribution < -0.4 is 19.6 Å². The van der Waals surface area contributed by atoms with Crippen molar-refractivity contribution in [2.75, 3.05) is 13.2 Å². The van der Waals surface area contributed by atoms with Crippen LogP contribution in [0.2, 0.25) is 0 Å². The third kappa shape index (κ3) is 6.66. The molecule has 33 heavy (non-hydrogen) atoms. The summed E-state index contributed by atoms with van der Waals surface area (Å²) in [5.41, 5.74) is 3.73. The summed E-state index contributed by atoms with van der Waals surface area (Å²) in [5, 5.41) is 4.02. The van der Waals surface area contributed by atoms with Crippen molar-refractivity contribution in [3.63, 3.8) is 0 Å². The fraction of sp³-hybridized carbons (Fsp3) is 0.160. The summed E-state index contributed by atoms with van der Waals surface area (Å²) in [6.07, 6.45) is 1.41. The molecule has 0 aliphatic carbocycles. The Kier molecular flexibility index (Phi) is 8.60. The van der Waals surface area contributed by atoms with E-state index in [2.05, 4.69) is 26.5 Å². The standard InChI is InChI=1S/C25H23BrN2O5/c1-3-31-20-12-9-17(10-13-20)25(30)33-22-14-11-19(26)15-18(22)16-27-28-24(29)21-7-5-6-8-23(21)32-4-2/h5-16H,3-4H2,1-2H3,(H,28,29)/b27-16-. The number of amides is 1. The lowest BCUT2D eigenvalue weighted by Gasteiger charge is -2.09. The van der Waals surface area contributed by atoms with Crippen LogP contribution in [0.3, 0.4) is 0 Å². The Morgan fingerprint density at radius 1 is 0.939 bits per heavy atom. The van der Waals surface area contributed by atoms with Crippen LogP contribution >= 0.6 is 15.9 Å². The van der Waals surface area contributed by atoms with Gasteiger partial charge in [0.05, 0.1) is 30.6 Å². The second kappa shape index (κ2) is 11.8. The molecule has 8 heteroatoms. The Hall–Kier alpha value is -3.65. The number of carbonyl (C=O) groups is 2. The third-order valence-electron chi connectivity index (χ3n) is 4.38. The van der Waals surface area contributed by atoms with E-state index < -0.39 is 11.9 Å². The predicted molar refractivity (Wildman–Crippen MR) is 129 cm³/mol. The van der Waals surface area contributed by atoms with Gasteiger partial charge in [0.15, 0.2) is 0 Å². The molecule has 0 saturated heterocycles. The monoisotopic (exact) mass is 510 g/mol. The Bertz CT molecular complexity index is 1150. The van der Waals surface area contributed by atoms with Crippen molar-refractivity contribution in [1.29, 1.82) is 0 Å². The normalized spacial score (nSPS) is 10.6. The van der Waals surface area contributed by atoms with Crippen molar-refractivity contribution in [2.24, 2.45) is 5.10 Å². The van der Waals surface area contributed by atoms with Gasteiger partial charge in [0.2, 0.25) is 0 Å². The SMILES string of the molecule is CCOc1ccc(C(=O)Oc2ccc(Br)cc2/C=N\NC(=O)c2ccccc2OCC)cc1. The average Bonchev–Trinajstić information content (AvgIpc) is 2.82. The van der Waals surface area contributed by atoms with Crippen LogP contribution in [0.1, 0.15) is 40.1 Å². The number of hydrazone groups is 1. The summed E-state index contributed by atoms with van der Waals surface area (Å²) in [6, 6.07) is 18.7. The zero-order valence-electron chi connectivity index (χ0n) is 18.2. The summed E-state index contributed by atoms with van der Waals surface area (Å²) >= 11 is 3.39. The molecule has 170 valence electrons. The molecule has 0 atom stereocenters. The number of hydrogen-bond acceptors (Lipinski definition) is 6. The topological polar surface area (TPSA) is 86.2 Å². The van der Waals surface area contributed by atoms with Gasteiger partial charge in [-0.1, -0.05) is 28.1 Å². The van der Waals surface area contributed by atoms with E-state index in [1.54, 1.807) is 66.7 Å². The number of halogens is 1. The van der Waals surface area contributed by atoms with Gasteiger partial charge >= 0.3 is 5.97 Å². The van der Waals surface area contributed by atoms with Gasteiger partial charge in [0.25, 0.3) is 5.91 Å². The largest absolute Gasteiger partial charge is 0.494 e. The van der Waals surface area contributed by atoms with Gasteiger partial charge in [-0.25, -0.2) is 10.2 Å². The number of para-hydroxylation sites is 1. The zero-order valence-corrected chi connectivity index (χ0v) is 19.8. The molecule has 0 heterocycles. The van der Waals surface area contributed by atoms with Crippen molar-refractivity contribution in [2.45, 2.75) is 13.8 Å². The molecule has 0 fully saturated rings. The molecule has 0 aromatic heterocycles. The van der Waals surface area contributed by atoms with E-state index in [9.17, 15) is 9.59 Å². The summed E-state index contributed by atoms with van der Waals surface area (Å²) in [6.45, 7) is 4.71. The minimum atomic E-state index is -0.523. The lowest BCUT2D eigenvalue weighted by Crippen LogP contribution is -2.19. The van der Waals surface area contributed by atoms with Crippen LogP contribution in [0.25, 0.3) is 0 Å². The first-order valence-corrected chi connectivity index (χ1v) is 11.1. The molecule has 0 bridgehead atoms. The average molecular weight is 511 g/mol. The lowest BCUT2D eigenvalue weighted by atomic mass is 10.2. The second-order valence-corrected chi connectivity index (χ2v) is 7.57. The quantitative estimate of drug-likeness (QED) is 0.184. The van der Waals surface area contributed by atoms with E-state index in [1.165, 1.54) is 6.21 Å². The molecule has 0 radical (unpaired) electrons. The van der Waals surface area contributed by atoms with E-state index in [0.717, 1.165) is 4.47 Å². The Balaban J connectivity index is 1.72. The summed E-state index contributed by atoms with van der Waals surface area (Å²) in [5.74, 6) is 0.500. The molecular weight excluding hydrogens is 488 g/mol. The minimum absolute atomic E-state index is 0.296. The smallest absolute Gasteiger partial charge is 0.343 e. The highest BCUT2D eigenvalue weighted by Gasteiger charge is 2.13. The molecule has 0 saturated carbocycles. The summed E-state index contributed by atoms with van der Waals surface area (Å²) in [7, 11) is 0. The minimum Gasteiger partial charge on any atom is -0.494 e. The van der Waals surface area contributed by atoms with Crippen LogP contribution in [-0.4, -0.2) is 31.3 Å². The third-order valence-corrected chi connectivity index (χ3v) is 4.87. The number of carbonyl (C=O) groups excluding carboxylic acids is 2. The van der Waals surface area contributed by atoms with E-state index >= 15 is 0 Å². The van der Waals surface area contributed by atoms with Crippen molar-refractivity contribution >= 4 is 34.0 Å². The molecule has 3 aromatic carbocycles. The van der Waals surface area contributed by atoms with Crippen molar-refractivity contribution in [3.8, 4) is 17.2 Å². The highest BCUT2D eigenvalue weighted by atomic mass is 79.9. The summed E-state index contributed by atoms with van der Waals surface area (Å²) < 4.78 is 17.2. The molecule has 3 aromatic rings. The van der Waals surface area contributed by atoms with Crippen LogP contribution in [0.5, 0.6) is 17.2 Å².